The molecular formula is C25H31FN6O3. The van der Waals surface area contributed by atoms with Crippen molar-refractivity contribution in [3.05, 3.63) is 54.1 Å². The minimum Gasteiger partial charge on any atom is -0.492 e. The largest absolute Gasteiger partial charge is 0.492 e. The molecule has 1 aromatic heterocycles. The lowest BCUT2D eigenvalue weighted by molar-refractivity contribution is 0.0948. The van der Waals surface area contributed by atoms with Gasteiger partial charge in [0.1, 0.15) is 29.9 Å². The Hall–Kier alpha value is -3.66. The fourth-order valence-corrected chi connectivity index (χ4v) is 3.71. The molecule has 1 atom stereocenters. The first-order valence-electron chi connectivity index (χ1n) is 11.6. The molecule has 1 fully saturated rings. The summed E-state index contributed by atoms with van der Waals surface area (Å²) in [4.78, 5) is 19.1. The lowest BCUT2D eigenvalue weighted by Crippen LogP contribution is -2.26. The van der Waals surface area contributed by atoms with E-state index in [1.807, 2.05) is 45.0 Å². The Kier molecular flexibility index (Phi) is 7.20. The van der Waals surface area contributed by atoms with Crippen LogP contribution in [0.4, 0.5) is 22.0 Å². The van der Waals surface area contributed by atoms with Crippen LogP contribution in [0.5, 0.6) is 11.5 Å². The Morgan fingerprint density at radius 3 is 2.46 bits per heavy atom. The van der Waals surface area contributed by atoms with Crippen LogP contribution in [0.25, 0.3) is 0 Å². The van der Waals surface area contributed by atoms with Gasteiger partial charge in [-0.1, -0.05) is 0 Å². The van der Waals surface area contributed by atoms with Crippen LogP contribution < -0.4 is 20.5 Å². The molecule has 0 unspecified atom stereocenters. The predicted molar refractivity (Wildman–Crippen MR) is 132 cm³/mol. The molecular weight excluding hydrogens is 451 g/mol. The Morgan fingerprint density at radius 2 is 1.83 bits per heavy atom. The first-order chi connectivity index (χ1) is 16.7. The van der Waals surface area contributed by atoms with Gasteiger partial charge in [-0.3, -0.25) is 9.69 Å². The van der Waals surface area contributed by atoms with Gasteiger partial charge in [-0.05, 0) is 75.7 Å². The Balaban J connectivity index is 1.33. The number of benzene rings is 2. The van der Waals surface area contributed by atoms with Crippen molar-refractivity contribution in [3.8, 4) is 11.5 Å². The van der Waals surface area contributed by atoms with E-state index in [0.29, 0.717) is 48.9 Å². The predicted octanol–water partition coefficient (Wildman–Crippen LogP) is 3.89. The number of ether oxygens (including phenoxy) is 2. The molecule has 10 heteroatoms. The highest BCUT2D eigenvalue weighted by atomic mass is 19.1. The number of nitrogen functional groups attached to an aromatic ring is 1. The molecule has 186 valence electrons. The summed E-state index contributed by atoms with van der Waals surface area (Å²) in [6.45, 7) is 8.31. The van der Waals surface area contributed by atoms with Gasteiger partial charge < -0.3 is 20.5 Å². The second kappa shape index (κ2) is 10.3. The number of nitrogens with one attached hydrogen (secondary N) is 1. The van der Waals surface area contributed by atoms with Crippen LogP contribution in [0.15, 0.2) is 48.5 Å². The summed E-state index contributed by atoms with van der Waals surface area (Å²) >= 11 is 0. The average molecular weight is 483 g/mol. The van der Waals surface area contributed by atoms with E-state index in [4.69, 9.17) is 15.2 Å². The molecule has 0 radical (unpaired) electrons. The second-order valence-electron chi connectivity index (χ2n) is 9.43. The lowest BCUT2D eigenvalue weighted by atomic mass is 10.1. The van der Waals surface area contributed by atoms with Gasteiger partial charge in [-0.15, -0.1) is 5.10 Å². The van der Waals surface area contributed by atoms with Gasteiger partial charge in [0, 0.05) is 30.9 Å². The molecule has 2 heterocycles. The van der Waals surface area contributed by atoms with E-state index in [1.54, 1.807) is 24.3 Å². The van der Waals surface area contributed by atoms with Crippen molar-refractivity contribution in [1.29, 1.82) is 0 Å². The number of likely N-dealkylation sites (tertiary alicyclic amines) is 1. The number of hydrogen-bond donors (Lipinski definition) is 2. The molecule has 0 aliphatic carbocycles. The van der Waals surface area contributed by atoms with Crippen molar-refractivity contribution in [3.63, 3.8) is 0 Å². The van der Waals surface area contributed by atoms with E-state index in [-0.39, 0.29) is 17.5 Å². The fourth-order valence-electron chi connectivity index (χ4n) is 3.71. The van der Waals surface area contributed by atoms with Crippen molar-refractivity contribution in [2.75, 3.05) is 37.3 Å². The number of nitrogens with two attached hydrogens (primary N) is 1. The summed E-state index contributed by atoms with van der Waals surface area (Å²) in [6.07, 6.45) is -0.130. The highest BCUT2D eigenvalue weighted by Gasteiger charge is 2.21. The van der Waals surface area contributed by atoms with Gasteiger partial charge in [0.25, 0.3) is 5.91 Å². The molecule has 35 heavy (non-hydrogen) atoms. The van der Waals surface area contributed by atoms with E-state index < -0.39 is 12.1 Å². The van der Waals surface area contributed by atoms with Gasteiger partial charge in [0.15, 0.2) is 0 Å². The van der Waals surface area contributed by atoms with Crippen LogP contribution in [-0.2, 0) is 0 Å². The van der Waals surface area contributed by atoms with Gasteiger partial charge >= 0.3 is 0 Å². The average Bonchev–Trinajstić information content (AvgIpc) is 3.38. The van der Waals surface area contributed by atoms with Crippen LogP contribution in [-0.4, -0.2) is 63.6 Å². The van der Waals surface area contributed by atoms with Crippen LogP contribution >= 0.6 is 0 Å². The van der Waals surface area contributed by atoms with Gasteiger partial charge in [-0.2, -0.15) is 9.67 Å². The number of nitrogens with zero attached hydrogens (tertiary/aromatic N) is 4. The van der Waals surface area contributed by atoms with Crippen LogP contribution in [0, 0.1) is 0 Å². The molecule has 1 aliphatic heterocycles. The highest BCUT2D eigenvalue weighted by molar-refractivity contribution is 5.97. The standard InChI is InChI=1S/C25H31FN6O3/c1-25(2,3)35-21-8-4-17(5-9-21)22(33)32-23(27)29-24(30-32)28-19-6-10-20(11-7-19)34-15-14-31-13-12-18(26)16-31/h4-11,18H,12-16H2,1-3H3,(H3,27,28,29,30)/t18-/m0/s1. The number of carbonyl (C=O) groups is 1. The van der Waals surface area contributed by atoms with Crippen molar-refractivity contribution < 1.29 is 18.7 Å². The third-order valence-electron chi connectivity index (χ3n) is 5.35. The van der Waals surface area contributed by atoms with E-state index >= 15 is 0 Å². The maximum absolute atomic E-state index is 13.2. The molecule has 0 saturated carbocycles. The zero-order valence-electron chi connectivity index (χ0n) is 20.2. The summed E-state index contributed by atoms with van der Waals surface area (Å²) in [7, 11) is 0. The van der Waals surface area contributed by atoms with Crippen molar-refractivity contribution in [2.45, 2.75) is 39.0 Å². The van der Waals surface area contributed by atoms with Crippen molar-refractivity contribution in [2.24, 2.45) is 0 Å². The molecule has 0 amide bonds. The van der Waals surface area contributed by atoms with E-state index in [1.165, 1.54) is 0 Å². The first kappa shape index (κ1) is 24.5. The SMILES string of the molecule is CC(C)(C)Oc1ccc(C(=O)n2nc(Nc3ccc(OCCN4CC[C@H](F)C4)cc3)nc2N)cc1. The van der Waals surface area contributed by atoms with E-state index in [9.17, 15) is 9.18 Å². The molecule has 2 aromatic carbocycles. The topological polar surface area (TPSA) is 108 Å². The third kappa shape index (κ3) is 6.69. The van der Waals surface area contributed by atoms with Gasteiger partial charge in [0.05, 0.1) is 0 Å². The number of aromatic nitrogens is 3. The number of alkyl halides is 1. The number of halogens is 1. The minimum absolute atomic E-state index is 0.0232. The van der Waals surface area contributed by atoms with Crippen LogP contribution in [0.2, 0.25) is 0 Å². The Morgan fingerprint density at radius 1 is 1.14 bits per heavy atom. The number of anilines is 3. The lowest BCUT2D eigenvalue weighted by Gasteiger charge is -2.21. The molecule has 4 rings (SSSR count). The number of carbonyl (C=O) groups excluding carboxylic acids is 1. The first-order valence-corrected chi connectivity index (χ1v) is 11.6. The molecule has 1 saturated heterocycles. The maximum Gasteiger partial charge on any atom is 0.281 e. The second-order valence-corrected chi connectivity index (χ2v) is 9.43. The zero-order chi connectivity index (χ0) is 25.0. The maximum atomic E-state index is 13.2. The van der Waals surface area contributed by atoms with Crippen molar-refractivity contribution in [1.82, 2.24) is 19.7 Å². The van der Waals surface area contributed by atoms with E-state index in [0.717, 1.165) is 11.2 Å². The summed E-state index contributed by atoms with van der Waals surface area (Å²) < 4.78 is 25.8. The quantitative estimate of drug-likeness (QED) is 0.498. The number of hydrogen-bond acceptors (Lipinski definition) is 8. The molecule has 1 aliphatic rings. The summed E-state index contributed by atoms with van der Waals surface area (Å²) in [6, 6.07) is 14.1. The van der Waals surface area contributed by atoms with Gasteiger partial charge in [-0.25, -0.2) is 4.39 Å². The van der Waals surface area contributed by atoms with Crippen LogP contribution in [0.1, 0.15) is 37.6 Å². The van der Waals surface area contributed by atoms with Gasteiger partial charge in [0.2, 0.25) is 11.9 Å². The summed E-state index contributed by atoms with van der Waals surface area (Å²) in [5.41, 5.74) is 6.73. The molecule has 9 nitrogen and oxygen atoms in total. The van der Waals surface area contributed by atoms with E-state index in [2.05, 4.69) is 20.3 Å². The Labute approximate surface area is 204 Å². The molecule has 0 spiro atoms. The summed E-state index contributed by atoms with van der Waals surface area (Å²) in [5.74, 6) is 1.15. The smallest absolute Gasteiger partial charge is 0.281 e. The normalized spacial score (nSPS) is 16.3. The minimum atomic E-state index is -0.727. The third-order valence-corrected chi connectivity index (χ3v) is 5.35. The number of rotatable bonds is 8. The highest BCUT2D eigenvalue weighted by Crippen LogP contribution is 2.21. The molecule has 3 N–H and O–H groups in total. The Bertz CT molecular complexity index is 1140. The fraction of sp³-hybridized carbons (Fsp3) is 0.400. The zero-order valence-corrected chi connectivity index (χ0v) is 20.2. The molecule has 0 bridgehead atoms. The molecule has 3 aromatic rings. The monoisotopic (exact) mass is 482 g/mol. The summed E-state index contributed by atoms with van der Waals surface area (Å²) in [5, 5.41) is 7.25. The van der Waals surface area contributed by atoms with Crippen LogP contribution in [0.3, 0.4) is 0 Å². The van der Waals surface area contributed by atoms with Crippen molar-refractivity contribution >= 4 is 23.5 Å².